The minimum atomic E-state index is -0.506. The van der Waals surface area contributed by atoms with Crippen molar-refractivity contribution in [3.8, 4) is 0 Å². The highest BCUT2D eigenvalue weighted by Crippen LogP contribution is 2.30. The van der Waals surface area contributed by atoms with Crippen molar-refractivity contribution in [2.75, 3.05) is 32.1 Å². The van der Waals surface area contributed by atoms with Crippen LogP contribution in [0.25, 0.3) is 0 Å². The zero-order valence-electron chi connectivity index (χ0n) is 11.1. The molecule has 1 heterocycles. The van der Waals surface area contributed by atoms with Gasteiger partial charge in [0.2, 0.25) is 5.91 Å². The molecule has 0 fully saturated rings. The van der Waals surface area contributed by atoms with E-state index in [-0.39, 0.29) is 18.1 Å². The maximum atomic E-state index is 11.5. The molecule has 20 heavy (non-hydrogen) atoms. The van der Waals surface area contributed by atoms with Gasteiger partial charge in [-0.25, -0.2) is 4.98 Å². The van der Waals surface area contributed by atoms with E-state index in [0.717, 1.165) is 6.20 Å². The van der Waals surface area contributed by atoms with E-state index in [9.17, 15) is 14.9 Å². The summed E-state index contributed by atoms with van der Waals surface area (Å²) in [4.78, 5) is 25.6. The Bertz CT molecular complexity index is 509. The summed E-state index contributed by atoms with van der Waals surface area (Å²) in [5, 5.41) is 16.2. The molecule has 0 unspecified atom stereocenters. The normalized spacial score (nSPS) is 10.2. The van der Waals surface area contributed by atoms with Gasteiger partial charge in [0, 0.05) is 19.2 Å². The molecule has 0 aliphatic rings. The molecule has 9 heteroatoms. The van der Waals surface area contributed by atoms with Crippen LogP contribution in [0, 0.1) is 17.0 Å². The SMILES string of the molecule is COCCNC(=O)CNc1ncc([N+](=O)[O-])c(C)c1Br. The van der Waals surface area contributed by atoms with Gasteiger partial charge >= 0.3 is 0 Å². The fourth-order valence-corrected chi connectivity index (χ4v) is 1.84. The molecule has 2 N–H and O–H groups in total. The summed E-state index contributed by atoms with van der Waals surface area (Å²) in [6, 6.07) is 0. The Hall–Kier alpha value is -1.74. The van der Waals surface area contributed by atoms with Gasteiger partial charge in [0.05, 0.1) is 22.5 Å². The predicted molar refractivity (Wildman–Crippen MR) is 76.7 cm³/mol. The molecule has 8 nitrogen and oxygen atoms in total. The number of aromatic nitrogens is 1. The third kappa shape index (κ3) is 4.42. The van der Waals surface area contributed by atoms with Crippen LogP contribution in [0.5, 0.6) is 0 Å². The summed E-state index contributed by atoms with van der Waals surface area (Å²) >= 11 is 3.23. The van der Waals surface area contributed by atoms with Gasteiger partial charge in [-0.3, -0.25) is 14.9 Å². The molecule has 0 saturated carbocycles. The number of carbonyl (C=O) groups excluding carboxylic acids is 1. The molecule has 0 spiro atoms. The van der Waals surface area contributed by atoms with E-state index < -0.39 is 4.92 Å². The number of hydrogen-bond donors (Lipinski definition) is 2. The Balaban J connectivity index is 2.63. The van der Waals surface area contributed by atoms with E-state index >= 15 is 0 Å². The van der Waals surface area contributed by atoms with Gasteiger partial charge in [0.1, 0.15) is 12.0 Å². The van der Waals surface area contributed by atoms with Crippen molar-refractivity contribution in [3.05, 3.63) is 26.3 Å². The Kier molecular flexibility index (Phi) is 6.32. The minimum Gasteiger partial charge on any atom is -0.383 e. The van der Waals surface area contributed by atoms with Crippen LogP contribution < -0.4 is 10.6 Å². The first-order valence-electron chi connectivity index (χ1n) is 5.76. The molecule has 0 saturated heterocycles. The van der Waals surface area contributed by atoms with Crippen LogP contribution in [0.2, 0.25) is 0 Å². The van der Waals surface area contributed by atoms with E-state index in [4.69, 9.17) is 4.74 Å². The van der Waals surface area contributed by atoms with E-state index in [1.165, 1.54) is 0 Å². The zero-order valence-corrected chi connectivity index (χ0v) is 12.7. The predicted octanol–water partition coefficient (Wildman–Crippen LogP) is 1.24. The van der Waals surface area contributed by atoms with Crippen LogP contribution in [0.4, 0.5) is 11.5 Å². The highest BCUT2D eigenvalue weighted by Gasteiger charge is 2.17. The number of methoxy groups -OCH3 is 1. The largest absolute Gasteiger partial charge is 0.383 e. The molecule has 110 valence electrons. The molecule has 0 aliphatic heterocycles. The zero-order chi connectivity index (χ0) is 15.1. The number of amides is 1. The number of hydrogen-bond acceptors (Lipinski definition) is 6. The van der Waals surface area contributed by atoms with E-state index in [2.05, 4.69) is 31.5 Å². The van der Waals surface area contributed by atoms with Gasteiger partial charge in [0.25, 0.3) is 5.69 Å². The average Bonchev–Trinajstić information content (AvgIpc) is 2.40. The number of nitrogens with zero attached hydrogens (tertiary/aromatic N) is 2. The number of nitrogens with one attached hydrogen (secondary N) is 2. The number of halogens is 1. The Morgan fingerprint density at radius 1 is 1.60 bits per heavy atom. The summed E-state index contributed by atoms with van der Waals surface area (Å²) in [5.74, 6) is 0.168. The third-order valence-electron chi connectivity index (χ3n) is 2.48. The van der Waals surface area contributed by atoms with Gasteiger partial charge in [-0.15, -0.1) is 0 Å². The summed E-state index contributed by atoms with van der Waals surface area (Å²) in [6.45, 7) is 2.48. The lowest BCUT2D eigenvalue weighted by atomic mass is 10.2. The molecule has 0 aromatic carbocycles. The molecule has 1 aromatic rings. The standard InChI is InChI=1S/C11H15BrN4O4/c1-7-8(16(18)19)5-14-11(10(7)12)15-6-9(17)13-3-4-20-2/h5H,3-4,6H2,1-2H3,(H,13,17)(H,14,15). The van der Waals surface area contributed by atoms with Crippen molar-refractivity contribution in [2.45, 2.75) is 6.92 Å². The van der Waals surface area contributed by atoms with Gasteiger partial charge in [-0.2, -0.15) is 0 Å². The maximum absolute atomic E-state index is 11.5. The van der Waals surface area contributed by atoms with Crippen molar-refractivity contribution in [1.82, 2.24) is 10.3 Å². The highest BCUT2D eigenvalue weighted by molar-refractivity contribution is 9.10. The van der Waals surface area contributed by atoms with Gasteiger partial charge in [-0.05, 0) is 22.9 Å². The monoisotopic (exact) mass is 346 g/mol. The number of anilines is 1. The van der Waals surface area contributed by atoms with Crippen LogP contribution in [0.15, 0.2) is 10.7 Å². The Morgan fingerprint density at radius 2 is 2.30 bits per heavy atom. The second kappa shape index (κ2) is 7.75. The summed E-state index contributed by atoms with van der Waals surface area (Å²) < 4.78 is 5.28. The van der Waals surface area contributed by atoms with E-state index in [1.807, 2.05) is 0 Å². The van der Waals surface area contributed by atoms with Gasteiger partial charge in [-0.1, -0.05) is 0 Å². The third-order valence-corrected chi connectivity index (χ3v) is 3.45. The van der Waals surface area contributed by atoms with Crippen LogP contribution in [-0.4, -0.2) is 42.6 Å². The van der Waals surface area contributed by atoms with Crippen molar-refractivity contribution >= 4 is 33.3 Å². The second-order valence-electron chi connectivity index (χ2n) is 3.88. The molecule has 0 radical (unpaired) electrons. The van der Waals surface area contributed by atoms with Gasteiger partial charge in [0.15, 0.2) is 0 Å². The lowest BCUT2D eigenvalue weighted by molar-refractivity contribution is -0.385. The Labute approximate surface area is 124 Å². The fraction of sp³-hybridized carbons (Fsp3) is 0.455. The summed E-state index contributed by atoms with van der Waals surface area (Å²) in [6.07, 6.45) is 1.16. The first-order valence-corrected chi connectivity index (χ1v) is 6.55. The molecule has 0 atom stereocenters. The number of pyridine rings is 1. The van der Waals surface area contributed by atoms with Crippen LogP contribution in [0.3, 0.4) is 0 Å². The number of nitro groups is 1. The molecule has 1 rings (SSSR count). The average molecular weight is 347 g/mol. The lowest BCUT2D eigenvalue weighted by Crippen LogP contribution is -2.32. The first-order chi connectivity index (χ1) is 9.47. The number of rotatable bonds is 7. The molecular formula is C11H15BrN4O4. The Morgan fingerprint density at radius 3 is 2.90 bits per heavy atom. The van der Waals surface area contributed by atoms with Crippen molar-refractivity contribution in [3.63, 3.8) is 0 Å². The van der Waals surface area contributed by atoms with Crippen LogP contribution in [0.1, 0.15) is 5.56 Å². The molecule has 1 aromatic heterocycles. The van der Waals surface area contributed by atoms with Gasteiger partial charge < -0.3 is 15.4 Å². The first kappa shape index (κ1) is 16.3. The van der Waals surface area contributed by atoms with Crippen molar-refractivity contribution in [2.24, 2.45) is 0 Å². The van der Waals surface area contributed by atoms with Crippen LogP contribution in [-0.2, 0) is 9.53 Å². The van der Waals surface area contributed by atoms with Crippen molar-refractivity contribution in [1.29, 1.82) is 0 Å². The van der Waals surface area contributed by atoms with E-state index in [0.29, 0.717) is 29.0 Å². The number of ether oxygens (including phenoxy) is 1. The highest BCUT2D eigenvalue weighted by atomic mass is 79.9. The summed E-state index contributed by atoms with van der Waals surface area (Å²) in [5.41, 5.74) is 0.374. The fourth-order valence-electron chi connectivity index (χ4n) is 1.40. The maximum Gasteiger partial charge on any atom is 0.291 e. The van der Waals surface area contributed by atoms with Crippen molar-refractivity contribution < 1.29 is 14.5 Å². The smallest absolute Gasteiger partial charge is 0.291 e. The molecule has 0 bridgehead atoms. The minimum absolute atomic E-state index is 0.0204. The summed E-state index contributed by atoms with van der Waals surface area (Å²) in [7, 11) is 1.55. The number of carbonyl (C=O) groups is 1. The van der Waals surface area contributed by atoms with E-state index in [1.54, 1.807) is 14.0 Å². The lowest BCUT2D eigenvalue weighted by Gasteiger charge is -2.09. The van der Waals surface area contributed by atoms with Crippen LogP contribution >= 0.6 is 15.9 Å². The second-order valence-corrected chi connectivity index (χ2v) is 4.68. The molecular weight excluding hydrogens is 332 g/mol. The molecule has 0 aliphatic carbocycles. The molecule has 1 amide bonds. The topological polar surface area (TPSA) is 106 Å². The quantitative estimate of drug-likeness (QED) is 0.437.